The van der Waals surface area contributed by atoms with Crippen LogP contribution in [0.25, 0.3) is 0 Å². The van der Waals surface area contributed by atoms with Gasteiger partial charge in [0.2, 0.25) is 0 Å². The van der Waals surface area contributed by atoms with Gasteiger partial charge in [-0.25, -0.2) is 0 Å². The van der Waals surface area contributed by atoms with Gasteiger partial charge in [0, 0.05) is 25.7 Å². The Morgan fingerprint density at radius 3 is 2.27 bits per heavy atom. The van der Waals surface area contributed by atoms with Crippen LogP contribution in [0.4, 0.5) is 0 Å². The molecule has 2 spiro atoms. The van der Waals surface area contributed by atoms with E-state index in [9.17, 15) is 0 Å². The van der Waals surface area contributed by atoms with Gasteiger partial charge in [0.1, 0.15) is 30.2 Å². The lowest BCUT2D eigenvalue weighted by Gasteiger charge is -2.35. The Kier molecular flexibility index (Phi) is 8.08. The minimum Gasteiger partial charge on any atom is -0.494 e. The standard InChI is InChI=1S/C30H44O7/c1-2-3-10-19-31-23-13-11-22(12-14-23)20-32-26-25(24-21-33-29(35-24)15-6-4-7-16-29)34-28-27(26)36-30(37-28)17-8-5-9-18-30/h11-14,24-28H,2-10,15-21H2,1H3/t24-,25-,26-,27-,28+/m1/s1. The molecule has 206 valence electrons. The lowest BCUT2D eigenvalue weighted by Crippen LogP contribution is -2.45. The quantitative estimate of drug-likeness (QED) is 0.372. The summed E-state index contributed by atoms with van der Waals surface area (Å²) in [7, 11) is 0. The molecule has 5 aliphatic rings. The fourth-order valence-electron chi connectivity index (χ4n) is 6.68. The SMILES string of the molecule is CCCCCOc1ccc(CO[C@H]2[C@H]3OC4(CCCCC4)O[C@@H]3O[C@@H]2[C@H]2COC3(CCCCC3)O2)cc1. The first-order valence-electron chi connectivity index (χ1n) is 14.8. The molecule has 1 aromatic rings. The predicted octanol–water partition coefficient (Wildman–Crippen LogP) is 6.02. The summed E-state index contributed by atoms with van der Waals surface area (Å²) < 4.78 is 44.9. The van der Waals surface area contributed by atoms with Crippen LogP contribution in [0.2, 0.25) is 0 Å². The maximum Gasteiger partial charge on any atom is 0.190 e. The van der Waals surface area contributed by atoms with Crippen molar-refractivity contribution in [2.45, 2.75) is 139 Å². The molecular formula is C30H44O7. The van der Waals surface area contributed by atoms with E-state index >= 15 is 0 Å². The number of ether oxygens (including phenoxy) is 7. The molecular weight excluding hydrogens is 472 g/mol. The van der Waals surface area contributed by atoms with Crippen molar-refractivity contribution in [1.29, 1.82) is 0 Å². The molecule has 7 heteroatoms. The highest BCUT2D eigenvalue weighted by Gasteiger charge is 2.61. The molecule has 0 unspecified atom stereocenters. The molecule has 5 fully saturated rings. The lowest BCUT2D eigenvalue weighted by molar-refractivity contribution is -0.263. The van der Waals surface area contributed by atoms with Gasteiger partial charge < -0.3 is 33.2 Å². The van der Waals surface area contributed by atoms with Crippen molar-refractivity contribution in [3.63, 3.8) is 0 Å². The zero-order chi connectivity index (χ0) is 25.1. The van der Waals surface area contributed by atoms with Crippen molar-refractivity contribution in [3.8, 4) is 5.75 Å². The van der Waals surface area contributed by atoms with Gasteiger partial charge >= 0.3 is 0 Å². The van der Waals surface area contributed by atoms with Gasteiger partial charge in [-0.15, -0.1) is 0 Å². The molecule has 3 saturated heterocycles. The third kappa shape index (κ3) is 5.73. The second-order valence-electron chi connectivity index (χ2n) is 11.6. The van der Waals surface area contributed by atoms with Gasteiger partial charge in [-0.05, 0) is 49.8 Å². The van der Waals surface area contributed by atoms with Crippen LogP contribution in [-0.4, -0.2) is 55.5 Å². The molecule has 6 rings (SSSR count). The summed E-state index contributed by atoms with van der Waals surface area (Å²) in [6.45, 7) is 3.96. The van der Waals surface area contributed by atoms with Crippen LogP contribution in [0, 0.1) is 0 Å². The van der Waals surface area contributed by atoms with Crippen molar-refractivity contribution in [1.82, 2.24) is 0 Å². The van der Waals surface area contributed by atoms with E-state index in [2.05, 4.69) is 19.1 Å². The summed E-state index contributed by atoms with van der Waals surface area (Å²) in [5.41, 5.74) is 1.10. The summed E-state index contributed by atoms with van der Waals surface area (Å²) in [4.78, 5) is 0. The topological polar surface area (TPSA) is 64.6 Å². The fourth-order valence-corrected chi connectivity index (χ4v) is 6.68. The molecule has 7 nitrogen and oxygen atoms in total. The Bertz CT molecular complexity index is 861. The summed E-state index contributed by atoms with van der Waals surface area (Å²) in [6.07, 6.45) is 12.9. The smallest absolute Gasteiger partial charge is 0.190 e. The molecule has 2 aliphatic carbocycles. The van der Waals surface area contributed by atoms with E-state index < -0.39 is 17.9 Å². The second-order valence-corrected chi connectivity index (χ2v) is 11.6. The number of fused-ring (bicyclic) bond motifs is 1. The Morgan fingerprint density at radius 1 is 0.811 bits per heavy atom. The van der Waals surface area contributed by atoms with Gasteiger partial charge in [-0.2, -0.15) is 0 Å². The maximum atomic E-state index is 6.64. The van der Waals surface area contributed by atoms with E-state index in [4.69, 9.17) is 33.2 Å². The second kappa shape index (κ2) is 11.5. The predicted molar refractivity (Wildman–Crippen MR) is 137 cm³/mol. The number of benzene rings is 1. The Balaban J connectivity index is 1.11. The molecule has 5 atom stereocenters. The highest BCUT2D eigenvalue weighted by molar-refractivity contribution is 5.27. The maximum absolute atomic E-state index is 6.64. The first-order valence-corrected chi connectivity index (χ1v) is 14.8. The van der Waals surface area contributed by atoms with Crippen molar-refractivity contribution >= 4 is 0 Å². The number of rotatable bonds is 9. The van der Waals surface area contributed by atoms with Crippen LogP contribution < -0.4 is 4.74 Å². The van der Waals surface area contributed by atoms with E-state index in [1.54, 1.807) is 0 Å². The van der Waals surface area contributed by atoms with Crippen LogP contribution in [0.15, 0.2) is 24.3 Å². The molecule has 0 radical (unpaired) electrons. The molecule has 0 bridgehead atoms. The van der Waals surface area contributed by atoms with Crippen LogP contribution in [0.3, 0.4) is 0 Å². The van der Waals surface area contributed by atoms with E-state index in [1.807, 2.05) is 12.1 Å². The van der Waals surface area contributed by atoms with Crippen molar-refractivity contribution < 1.29 is 33.2 Å². The highest BCUT2D eigenvalue weighted by Crippen LogP contribution is 2.48. The Morgan fingerprint density at radius 2 is 1.54 bits per heavy atom. The van der Waals surface area contributed by atoms with Crippen LogP contribution in [0.5, 0.6) is 5.75 Å². The van der Waals surface area contributed by atoms with Gasteiger partial charge in [-0.1, -0.05) is 44.7 Å². The third-order valence-electron chi connectivity index (χ3n) is 8.75. The minimum atomic E-state index is -0.519. The van der Waals surface area contributed by atoms with Gasteiger partial charge in [0.15, 0.2) is 17.9 Å². The Hall–Kier alpha value is -1.22. The highest BCUT2D eigenvalue weighted by atomic mass is 16.9. The molecule has 0 amide bonds. The molecule has 0 N–H and O–H groups in total. The van der Waals surface area contributed by atoms with Crippen molar-refractivity contribution in [2.75, 3.05) is 13.2 Å². The number of unbranched alkanes of at least 4 members (excludes halogenated alkanes) is 2. The first-order chi connectivity index (χ1) is 18.2. The normalized spacial score (nSPS) is 34.2. The zero-order valence-electron chi connectivity index (χ0n) is 22.4. The minimum absolute atomic E-state index is 0.179. The first kappa shape index (κ1) is 26.0. The molecule has 37 heavy (non-hydrogen) atoms. The molecule has 3 aliphatic heterocycles. The zero-order valence-corrected chi connectivity index (χ0v) is 22.4. The van der Waals surface area contributed by atoms with Crippen LogP contribution in [-0.2, 0) is 35.0 Å². The monoisotopic (exact) mass is 516 g/mol. The largest absolute Gasteiger partial charge is 0.494 e. The van der Waals surface area contributed by atoms with E-state index in [0.717, 1.165) is 75.7 Å². The molecule has 3 heterocycles. The van der Waals surface area contributed by atoms with Gasteiger partial charge in [0.05, 0.1) is 19.8 Å². The third-order valence-corrected chi connectivity index (χ3v) is 8.75. The van der Waals surface area contributed by atoms with Crippen molar-refractivity contribution in [3.05, 3.63) is 29.8 Å². The van der Waals surface area contributed by atoms with Gasteiger partial charge in [-0.3, -0.25) is 0 Å². The van der Waals surface area contributed by atoms with E-state index in [1.165, 1.54) is 25.7 Å². The van der Waals surface area contributed by atoms with E-state index in [0.29, 0.717) is 13.2 Å². The van der Waals surface area contributed by atoms with Crippen molar-refractivity contribution in [2.24, 2.45) is 0 Å². The number of hydrogen-bond donors (Lipinski definition) is 0. The number of hydrogen-bond acceptors (Lipinski definition) is 7. The molecule has 1 aromatic carbocycles. The van der Waals surface area contributed by atoms with Crippen LogP contribution >= 0.6 is 0 Å². The van der Waals surface area contributed by atoms with Gasteiger partial charge in [0.25, 0.3) is 0 Å². The summed E-state index contributed by atoms with van der Waals surface area (Å²) >= 11 is 0. The summed E-state index contributed by atoms with van der Waals surface area (Å²) in [5, 5.41) is 0. The average Bonchev–Trinajstić information content (AvgIpc) is 3.58. The summed E-state index contributed by atoms with van der Waals surface area (Å²) in [6, 6.07) is 8.22. The molecule has 0 aromatic heterocycles. The average molecular weight is 517 g/mol. The Labute approximate surface area is 221 Å². The van der Waals surface area contributed by atoms with Crippen LogP contribution in [0.1, 0.15) is 96.0 Å². The lowest BCUT2D eigenvalue weighted by atomic mass is 9.94. The van der Waals surface area contributed by atoms with E-state index in [-0.39, 0.29) is 24.4 Å². The summed E-state index contributed by atoms with van der Waals surface area (Å²) in [5.74, 6) is -0.0643. The fraction of sp³-hybridized carbons (Fsp3) is 0.800. The molecule has 2 saturated carbocycles.